The summed E-state index contributed by atoms with van der Waals surface area (Å²) in [7, 11) is 0. The van der Waals surface area contributed by atoms with E-state index < -0.39 is 5.56 Å². The maximum absolute atomic E-state index is 8.80. The number of aliphatic hydroxyl groups excluding tert-OH is 1. The number of halogens is 1. The van der Waals surface area contributed by atoms with E-state index in [2.05, 4.69) is 12.1 Å². The van der Waals surface area contributed by atoms with Crippen molar-refractivity contribution in [2.24, 2.45) is 0 Å². The first-order chi connectivity index (χ1) is 5.79. The zero-order chi connectivity index (χ0) is 8.81. The molecule has 1 N–H and O–H groups in total. The minimum absolute atomic E-state index is 0.663. The molecule has 1 nitrogen and oxygen atoms in total. The Hall–Kier alpha value is -0.530. The number of aryl methyl sites for hydroxylation is 1. The maximum atomic E-state index is 8.80. The molecule has 0 fully saturated rings. The molecule has 1 aromatic rings. The van der Waals surface area contributed by atoms with Gasteiger partial charge in [-0.3, -0.25) is 0 Å². The largest absolute Gasteiger partial charge is 0.378 e. The molecule has 1 aromatic carbocycles. The third kappa shape index (κ3) is 3.74. The number of alkyl halides is 1. The SMILES string of the molecule is OC(Cl)CCCc1ccccc1. The highest BCUT2D eigenvalue weighted by Crippen LogP contribution is 2.07. The molecule has 0 saturated carbocycles. The molecule has 1 unspecified atom stereocenters. The van der Waals surface area contributed by atoms with Crippen LogP contribution in [-0.4, -0.2) is 10.7 Å². The van der Waals surface area contributed by atoms with Crippen molar-refractivity contribution in [3.05, 3.63) is 35.9 Å². The van der Waals surface area contributed by atoms with Crippen LogP contribution in [0.5, 0.6) is 0 Å². The smallest absolute Gasteiger partial charge is 0.128 e. The minimum atomic E-state index is -0.686. The summed E-state index contributed by atoms with van der Waals surface area (Å²) >= 11 is 5.40. The molecule has 0 aromatic heterocycles. The monoisotopic (exact) mass is 184 g/mol. The Morgan fingerprint density at radius 2 is 1.92 bits per heavy atom. The third-order valence-electron chi connectivity index (χ3n) is 1.75. The molecule has 12 heavy (non-hydrogen) atoms. The first-order valence-corrected chi connectivity index (χ1v) is 4.59. The average molecular weight is 185 g/mol. The predicted octanol–water partition coefficient (Wildman–Crippen LogP) is 2.57. The lowest BCUT2D eigenvalue weighted by atomic mass is 10.1. The van der Waals surface area contributed by atoms with Gasteiger partial charge >= 0.3 is 0 Å². The number of hydrogen-bond donors (Lipinski definition) is 1. The molecular weight excluding hydrogens is 172 g/mol. The van der Waals surface area contributed by atoms with E-state index in [1.807, 2.05) is 18.2 Å². The summed E-state index contributed by atoms with van der Waals surface area (Å²) in [6, 6.07) is 10.2. The van der Waals surface area contributed by atoms with E-state index in [0.29, 0.717) is 6.42 Å². The van der Waals surface area contributed by atoms with E-state index in [1.54, 1.807) is 0 Å². The second-order valence-corrected chi connectivity index (χ2v) is 3.32. The van der Waals surface area contributed by atoms with Crippen molar-refractivity contribution >= 4 is 11.6 Å². The van der Waals surface area contributed by atoms with Gasteiger partial charge < -0.3 is 5.11 Å². The molecule has 2 heteroatoms. The number of aliphatic hydroxyl groups is 1. The van der Waals surface area contributed by atoms with Crippen molar-refractivity contribution in [1.29, 1.82) is 0 Å². The van der Waals surface area contributed by atoms with Gasteiger partial charge in [-0.2, -0.15) is 0 Å². The quantitative estimate of drug-likeness (QED) is 0.714. The van der Waals surface area contributed by atoms with Crippen molar-refractivity contribution in [1.82, 2.24) is 0 Å². The molecule has 66 valence electrons. The molecular formula is C10H13ClO. The van der Waals surface area contributed by atoms with Gasteiger partial charge in [0.05, 0.1) is 0 Å². The maximum Gasteiger partial charge on any atom is 0.128 e. The van der Waals surface area contributed by atoms with Crippen LogP contribution in [0.25, 0.3) is 0 Å². The van der Waals surface area contributed by atoms with E-state index in [9.17, 15) is 0 Å². The summed E-state index contributed by atoms with van der Waals surface area (Å²) in [6.07, 6.45) is 2.59. The van der Waals surface area contributed by atoms with Crippen molar-refractivity contribution in [2.45, 2.75) is 24.8 Å². The fourth-order valence-electron chi connectivity index (χ4n) is 1.12. The Balaban J connectivity index is 2.25. The van der Waals surface area contributed by atoms with Crippen LogP contribution in [0, 0.1) is 0 Å². The Labute approximate surface area is 78.0 Å². The zero-order valence-electron chi connectivity index (χ0n) is 6.91. The molecule has 0 saturated heterocycles. The summed E-state index contributed by atoms with van der Waals surface area (Å²) in [5.41, 5.74) is 0.614. The normalized spacial score (nSPS) is 12.8. The minimum Gasteiger partial charge on any atom is -0.378 e. The summed E-state index contributed by atoms with van der Waals surface area (Å²) in [5.74, 6) is 0. The van der Waals surface area contributed by atoms with Crippen molar-refractivity contribution in [3.63, 3.8) is 0 Å². The molecule has 0 radical (unpaired) electrons. The van der Waals surface area contributed by atoms with Gasteiger partial charge in [0.15, 0.2) is 0 Å². The van der Waals surface area contributed by atoms with E-state index in [0.717, 1.165) is 12.8 Å². The molecule has 0 bridgehead atoms. The standard InChI is InChI=1S/C10H13ClO/c11-10(12)8-4-7-9-5-2-1-3-6-9/h1-3,5-6,10,12H,4,7-8H2. The van der Waals surface area contributed by atoms with Gasteiger partial charge in [-0.05, 0) is 24.8 Å². The molecule has 1 atom stereocenters. The number of rotatable bonds is 4. The second kappa shape index (κ2) is 5.18. The van der Waals surface area contributed by atoms with Gasteiger partial charge in [0.25, 0.3) is 0 Å². The second-order valence-electron chi connectivity index (χ2n) is 2.81. The van der Waals surface area contributed by atoms with Gasteiger partial charge in [-0.25, -0.2) is 0 Å². The molecule has 0 amide bonds. The first kappa shape index (κ1) is 9.56. The van der Waals surface area contributed by atoms with Gasteiger partial charge in [0, 0.05) is 0 Å². The summed E-state index contributed by atoms with van der Waals surface area (Å²) in [5, 5.41) is 8.80. The topological polar surface area (TPSA) is 20.2 Å². The molecule has 0 spiro atoms. The highest BCUT2D eigenvalue weighted by molar-refractivity contribution is 6.19. The lowest BCUT2D eigenvalue weighted by Gasteiger charge is -2.01. The summed E-state index contributed by atoms with van der Waals surface area (Å²) in [6.45, 7) is 0. The predicted molar refractivity (Wildman–Crippen MR) is 51.2 cm³/mol. The Kier molecular flexibility index (Phi) is 4.12. The van der Waals surface area contributed by atoms with Crippen molar-refractivity contribution in [3.8, 4) is 0 Å². The van der Waals surface area contributed by atoms with Gasteiger partial charge in [0.1, 0.15) is 5.56 Å². The van der Waals surface area contributed by atoms with E-state index in [1.165, 1.54) is 5.56 Å². The van der Waals surface area contributed by atoms with Crippen LogP contribution in [0.4, 0.5) is 0 Å². The molecule has 0 aliphatic rings. The van der Waals surface area contributed by atoms with Gasteiger partial charge in [-0.15, -0.1) is 0 Å². The number of hydrogen-bond acceptors (Lipinski definition) is 1. The van der Waals surface area contributed by atoms with Crippen LogP contribution in [0.15, 0.2) is 30.3 Å². The number of benzene rings is 1. The Morgan fingerprint density at radius 1 is 1.25 bits per heavy atom. The van der Waals surface area contributed by atoms with E-state index in [4.69, 9.17) is 16.7 Å². The third-order valence-corrected chi connectivity index (χ3v) is 1.97. The Bertz CT molecular complexity index is 208. The summed E-state index contributed by atoms with van der Waals surface area (Å²) < 4.78 is 0. The van der Waals surface area contributed by atoms with Crippen LogP contribution in [0.1, 0.15) is 18.4 Å². The van der Waals surface area contributed by atoms with Gasteiger partial charge in [0.2, 0.25) is 0 Å². The lowest BCUT2D eigenvalue weighted by Crippen LogP contribution is -1.96. The van der Waals surface area contributed by atoms with Crippen LogP contribution in [0.3, 0.4) is 0 Å². The van der Waals surface area contributed by atoms with Crippen LogP contribution < -0.4 is 0 Å². The average Bonchev–Trinajstić information content (AvgIpc) is 2.05. The van der Waals surface area contributed by atoms with Crippen molar-refractivity contribution in [2.75, 3.05) is 0 Å². The highest BCUT2D eigenvalue weighted by Gasteiger charge is 1.97. The molecule has 0 aliphatic carbocycles. The highest BCUT2D eigenvalue weighted by atomic mass is 35.5. The van der Waals surface area contributed by atoms with Crippen molar-refractivity contribution < 1.29 is 5.11 Å². The lowest BCUT2D eigenvalue weighted by molar-refractivity contribution is 0.242. The molecule has 0 aliphatic heterocycles. The fourth-order valence-corrected chi connectivity index (χ4v) is 1.27. The van der Waals surface area contributed by atoms with E-state index >= 15 is 0 Å². The van der Waals surface area contributed by atoms with Gasteiger partial charge in [-0.1, -0.05) is 41.9 Å². The van der Waals surface area contributed by atoms with Crippen LogP contribution in [0.2, 0.25) is 0 Å². The Morgan fingerprint density at radius 3 is 2.50 bits per heavy atom. The first-order valence-electron chi connectivity index (χ1n) is 4.15. The fraction of sp³-hybridized carbons (Fsp3) is 0.400. The molecule has 0 heterocycles. The summed E-state index contributed by atoms with van der Waals surface area (Å²) in [4.78, 5) is 0. The molecule has 1 rings (SSSR count). The van der Waals surface area contributed by atoms with E-state index in [-0.39, 0.29) is 0 Å². The van der Waals surface area contributed by atoms with Crippen LogP contribution in [-0.2, 0) is 6.42 Å². The zero-order valence-corrected chi connectivity index (χ0v) is 7.67. The van der Waals surface area contributed by atoms with Crippen LogP contribution >= 0.6 is 11.6 Å².